The van der Waals surface area contributed by atoms with Crippen molar-refractivity contribution in [3.8, 4) is 0 Å². The zero-order chi connectivity index (χ0) is 11.6. The molecular weight excluding hydrogens is 217 g/mol. The van der Waals surface area contributed by atoms with Crippen LogP contribution in [0.1, 0.15) is 0 Å². The van der Waals surface area contributed by atoms with Crippen molar-refractivity contribution in [3.05, 3.63) is 48.4 Å². The highest BCUT2D eigenvalue weighted by Crippen LogP contribution is 2.29. The summed E-state index contributed by atoms with van der Waals surface area (Å²) in [4.78, 5) is 0. The van der Waals surface area contributed by atoms with Crippen LogP contribution in [0.3, 0.4) is 0 Å². The highest BCUT2D eigenvalue weighted by Gasteiger charge is 2.33. The van der Waals surface area contributed by atoms with Gasteiger partial charge in [0.15, 0.2) is 0 Å². The molecule has 0 bridgehead atoms. The summed E-state index contributed by atoms with van der Waals surface area (Å²) in [7, 11) is 0. The lowest BCUT2D eigenvalue weighted by atomic mass is 10.2. The van der Waals surface area contributed by atoms with Crippen molar-refractivity contribution in [2.75, 3.05) is 13.1 Å². The van der Waals surface area contributed by atoms with Gasteiger partial charge in [-0.05, 0) is 6.08 Å². The number of hydrogen-bond donors (Lipinski definition) is 0. The van der Waals surface area contributed by atoms with Crippen molar-refractivity contribution >= 4 is 0 Å². The number of hydrogen-bond acceptors (Lipinski definition) is 2. The van der Waals surface area contributed by atoms with Gasteiger partial charge < -0.3 is 0 Å². The fourth-order valence-corrected chi connectivity index (χ4v) is 1.54. The smallest absolute Gasteiger partial charge is 0.289 e. The molecule has 2 rings (SSSR count). The summed E-state index contributed by atoms with van der Waals surface area (Å²) in [5.74, 6) is 0. The normalized spacial score (nSPS) is 20.3. The van der Waals surface area contributed by atoms with Crippen molar-refractivity contribution in [3.63, 3.8) is 0 Å². The SMILES string of the molecule is FC(F)(F)C1=CN(N2C=CC=CC2)CC=C1. The van der Waals surface area contributed by atoms with E-state index in [1.165, 1.54) is 6.08 Å². The van der Waals surface area contributed by atoms with Crippen molar-refractivity contribution in [1.29, 1.82) is 0 Å². The minimum absolute atomic E-state index is 0.456. The van der Waals surface area contributed by atoms with Gasteiger partial charge in [-0.25, -0.2) is 0 Å². The largest absolute Gasteiger partial charge is 0.417 e. The average Bonchev–Trinajstić information content (AvgIpc) is 2.29. The van der Waals surface area contributed by atoms with Gasteiger partial charge in [0, 0.05) is 12.4 Å². The fourth-order valence-electron chi connectivity index (χ4n) is 1.54. The number of rotatable bonds is 1. The molecule has 5 heteroatoms. The second-order valence-corrected chi connectivity index (χ2v) is 3.50. The highest BCUT2D eigenvalue weighted by atomic mass is 19.4. The van der Waals surface area contributed by atoms with Gasteiger partial charge >= 0.3 is 6.18 Å². The third-order valence-corrected chi connectivity index (χ3v) is 2.33. The van der Waals surface area contributed by atoms with E-state index in [2.05, 4.69) is 0 Å². The van der Waals surface area contributed by atoms with Crippen molar-refractivity contribution in [2.45, 2.75) is 6.18 Å². The van der Waals surface area contributed by atoms with Crippen LogP contribution < -0.4 is 0 Å². The van der Waals surface area contributed by atoms with E-state index in [1.54, 1.807) is 22.3 Å². The zero-order valence-corrected chi connectivity index (χ0v) is 8.48. The lowest BCUT2D eigenvalue weighted by Crippen LogP contribution is -2.38. The number of nitrogens with zero attached hydrogens (tertiary/aromatic N) is 2. The third kappa shape index (κ3) is 2.29. The molecule has 2 aliphatic rings. The van der Waals surface area contributed by atoms with E-state index < -0.39 is 11.7 Å². The summed E-state index contributed by atoms with van der Waals surface area (Å²) < 4.78 is 37.5. The molecule has 0 N–H and O–H groups in total. The maximum atomic E-state index is 12.5. The van der Waals surface area contributed by atoms with Gasteiger partial charge in [0.25, 0.3) is 0 Å². The van der Waals surface area contributed by atoms with Gasteiger partial charge in [-0.1, -0.05) is 24.3 Å². The average molecular weight is 228 g/mol. The van der Waals surface area contributed by atoms with Crippen LogP contribution >= 0.6 is 0 Å². The quantitative estimate of drug-likeness (QED) is 0.680. The van der Waals surface area contributed by atoms with Crippen LogP contribution in [0.4, 0.5) is 13.2 Å². The Hall–Kier alpha value is -1.65. The maximum absolute atomic E-state index is 12.5. The van der Waals surface area contributed by atoms with Gasteiger partial charge in [0.2, 0.25) is 0 Å². The number of allylic oxidation sites excluding steroid dienone is 4. The van der Waals surface area contributed by atoms with Crippen LogP contribution in [0.25, 0.3) is 0 Å². The molecule has 0 aromatic rings. The summed E-state index contributed by atoms with van der Waals surface area (Å²) >= 11 is 0. The molecule has 0 unspecified atom stereocenters. The first-order chi connectivity index (χ1) is 7.57. The minimum Gasteiger partial charge on any atom is -0.289 e. The zero-order valence-electron chi connectivity index (χ0n) is 8.48. The first-order valence-corrected chi connectivity index (χ1v) is 4.89. The van der Waals surface area contributed by atoms with E-state index in [-0.39, 0.29) is 0 Å². The first-order valence-electron chi connectivity index (χ1n) is 4.89. The Labute approximate surface area is 91.6 Å². The first kappa shape index (κ1) is 10.9. The van der Waals surface area contributed by atoms with Crippen LogP contribution in [0.5, 0.6) is 0 Å². The molecule has 2 aliphatic heterocycles. The number of hydrazine groups is 1. The summed E-state index contributed by atoms with van der Waals surface area (Å²) in [6, 6.07) is 0. The molecular formula is C11H11F3N2. The minimum atomic E-state index is -4.29. The Bertz CT molecular complexity index is 377. The number of halogens is 3. The Morgan fingerprint density at radius 3 is 2.38 bits per heavy atom. The predicted octanol–water partition coefficient (Wildman–Crippen LogP) is 2.60. The molecule has 16 heavy (non-hydrogen) atoms. The van der Waals surface area contributed by atoms with E-state index in [4.69, 9.17) is 0 Å². The Balaban J connectivity index is 2.13. The van der Waals surface area contributed by atoms with E-state index in [0.717, 1.165) is 12.3 Å². The Morgan fingerprint density at radius 2 is 1.75 bits per heavy atom. The van der Waals surface area contributed by atoms with Gasteiger partial charge in [-0.2, -0.15) is 13.2 Å². The van der Waals surface area contributed by atoms with Crippen molar-refractivity contribution in [1.82, 2.24) is 10.0 Å². The molecule has 0 spiro atoms. The van der Waals surface area contributed by atoms with Crippen molar-refractivity contribution < 1.29 is 13.2 Å². The lowest BCUT2D eigenvalue weighted by Gasteiger charge is -2.35. The fraction of sp³-hybridized carbons (Fsp3) is 0.273. The molecule has 0 saturated carbocycles. The Morgan fingerprint density at radius 1 is 1.00 bits per heavy atom. The lowest BCUT2D eigenvalue weighted by molar-refractivity contribution is -0.0910. The summed E-state index contributed by atoms with van der Waals surface area (Å²) in [5.41, 5.74) is -0.623. The summed E-state index contributed by atoms with van der Waals surface area (Å²) in [6.07, 6.45) is 6.76. The molecule has 0 amide bonds. The van der Waals surface area contributed by atoms with E-state index in [9.17, 15) is 13.2 Å². The monoisotopic (exact) mass is 228 g/mol. The van der Waals surface area contributed by atoms with Gasteiger partial charge in [0.05, 0.1) is 18.7 Å². The molecule has 0 fully saturated rings. The maximum Gasteiger partial charge on any atom is 0.417 e. The summed E-state index contributed by atoms with van der Waals surface area (Å²) in [6.45, 7) is 1.05. The molecule has 0 aromatic carbocycles. The van der Waals surface area contributed by atoms with E-state index >= 15 is 0 Å². The Kier molecular flexibility index (Phi) is 2.77. The topological polar surface area (TPSA) is 6.48 Å². The highest BCUT2D eigenvalue weighted by molar-refractivity contribution is 5.26. The standard InChI is InChI=1S/C11H11F3N2/c12-11(13,14)10-5-4-8-16(9-10)15-6-2-1-3-7-15/h1-6,9H,7-8H2. The molecule has 0 aromatic heterocycles. The molecule has 0 aliphatic carbocycles. The van der Waals surface area contributed by atoms with Crippen LogP contribution in [0, 0.1) is 0 Å². The van der Waals surface area contributed by atoms with Crippen LogP contribution in [-0.4, -0.2) is 29.3 Å². The molecule has 0 saturated heterocycles. The van der Waals surface area contributed by atoms with Crippen LogP contribution in [-0.2, 0) is 0 Å². The molecule has 0 atom stereocenters. The van der Waals surface area contributed by atoms with Gasteiger partial charge in [-0.15, -0.1) is 0 Å². The van der Waals surface area contributed by atoms with Crippen molar-refractivity contribution in [2.24, 2.45) is 0 Å². The van der Waals surface area contributed by atoms with Gasteiger partial charge in [-0.3, -0.25) is 10.0 Å². The molecule has 2 nitrogen and oxygen atoms in total. The van der Waals surface area contributed by atoms with E-state index in [0.29, 0.717) is 13.1 Å². The molecule has 2 heterocycles. The molecule has 86 valence electrons. The summed E-state index contributed by atoms with van der Waals surface area (Å²) in [5, 5.41) is 3.28. The predicted molar refractivity (Wildman–Crippen MR) is 55.0 cm³/mol. The second-order valence-electron chi connectivity index (χ2n) is 3.50. The van der Waals surface area contributed by atoms with Crippen LogP contribution in [0.2, 0.25) is 0 Å². The third-order valence-electron chi connectivity index (χ3n) is 2.33. The van der Waals surface area contributed by atoms with E-state index in [1.807, 2.05) is 12.2 Å². The van der Waals surface area contributed by atoms with Gasteiger partial charge in [0.1, 0.15) is 0 Å². The molecule has 0 radical (unpaired) electrons. The second kappa shape index (κ2) is 4.08. The number of alkyl halides is 3. The van der Waals surface area contributed by atoms with Crippen LogP contribution in [0.15, 0.2) is 48.4 Å².